The van der Waals surface area contributed by atoms with Crippen LogP contribution in [0.3, 0.4) is 0 Å². The summed E-state index contributed by atoms with van der Waals surface area (Å²) in [4.78, 5) is 33.2. The molecule has 54 heavy (non-hydrogen) atoms. The summed E-state index contributed by atoms with van der Waals surface area (Å²) < 4.78 is 29.2. The van der Waals surface area contributed by atoms with Crippen LogP contribution in [0.4, 0.5) is 0 Å². The Morgan fingerprint density at radius 3 is 1.56 bits per heavy atom. The van der Waals surface area contributed by atoms with Crippen LogP contribution in [0, 0.1) is 5.92 Å². The number of likely N-dealkylation sites (N-methyl/N-ethyl adjacent to an activating group) is 1. The van der Waals surface area contributed by atoms with E-state index in [1.54, 1.807) is 0 Å². The van der Waals surface area contributed by atoms with E-state index in [4.69, 9.17) is 18.9 Å². The molecule has 0 saturated heterocycles. The molecule has 0 amide bonds. The zero-order valence-corrected chi connectivity index (χ0v) is 35.6. The van der Waals surface area contributed by atoms with Crippen molar-refractivity contribution in [3.63, 3.8) is 0 Å². The summed E-state index contributed by atoms with van der Waals surface area (Å²) in [6.45, 7) is 3.06. The first kappa shape index (κ1) is 51.7. The lowest BCUT2D eigenvalue weighted by atomic mass is 10.0. The predicted octanol–water partition coefficient (Wildman–Crippen LogP) is 11.8. The van der Waals surface area contributed by atoms with Gasteiger partial charge >= 0.3 is 19.8 Å². The van der Waals surface area contributed by atoms with Gasteiger partial charge in [0.15, 0.2) is 0 Å². The van der Waals surface area contributed by atoms with Crippen LogP contribution < -0.4 is 0 Å². The predicted molar refractivity (Wildman–Crippen MR) is 224 cm³/mol. The third-order valence-electron chi connectivity index (χ3n) is 8.88. The normalized spacial score (nSPS) is 14.3. The van der Waals surface area contributed by atoms with E-state index in [9.17, 15) is 19.0 Å². The maximum absolute atomic E-state index is 12.5. The molecule has 2 N–H and O–H groups in total. The fourth-order valence-corrected chi connectivity index (χ4v) is 6.26. The van der Waals surface area contributed by atoms with E-state index in [1.165, 1.54) is 64.2 Å². The topological polar surface area (TPSA) is 119 Å². The molecule has 0 spiro atoms. The van der Waals surface area contributed by atoms with Gasteiger partial charge in [0.05, 0.1) is 34.4 Å². The molecule has 9 nitrogen and oxygen atoms in total. The largest absolute Gasteiger partial charge is 0.481 e. The molecule has 0 aromatic carbocycles. The van der Waals surface area contributed by atoms with Crippen LogP contribution in [0.15, 0.2) is 60.8 Å². The Morgan fingerprint density at radius 1 is 0.611 bits per heavy atom. The fourth-order valence-electron chi connectivity index (χ4n) is 5.47. The lowest BCUT2D eigenvalue weighted by molar-refractivity contribution is -0.870. The summed E-state index contributed by atoms with van der Waals surface area (Å²) in [7, 11) is 1.73. The van der Waals surface area contributed by atoms with Crippen LogP contribution in [-0.4, -0.2) is 73.9 Å². The Bertz CT molecular complexity index is 1110. The standard InChI is InChI=1S/C44H78NO8P/c1-5-6-7-8-9-10-11-17-22-25-28-31-34-37-44(48)51-40-42(41-53-54(49,50)52-39-38-45(2,3)4)35-32-29-26-23-20-18-15-13-12-14-16-19-21-24-27-30-33-36-43(46)47/h12-13,16,18-20,24,26-27,29,42H,5-11,14-15,17,21-23,25,28,30-41H2,1-4H3,(H-,46,47,49,50)/p+1/b13-12-,19-16-,20-18-,27-24-,29-26-. The van der Waals surface area contributed by atoms with E-state index in [0.717, 1.165) is 57.8 Å². The molecule has 0 saturated carbocycles. The van der Waals surface area contributed by atoms with Gasteiger partial charge in [-0.15, -0.1) is 0 Å². The molecule has 10 heteroatoms. The van der Waals surface area contributed by atoms with Crippen LogP contribution in [-0.2, 0) is 27.9 Å². The molecule has 0 fully saturated rings. The second-order valence-corrected chi connectivity index (χ2v) is 16.8. The van der Waals surface area contributed by atoms with Gasteiger partial charge in [0.2, 0.25) is 0 Å². The highest BCUT2D eigenvalue weighted by molar-refractivity contribution is 7.47. The smallest absolute Gasteiger partial charge is 0.472 e. The number of phosphoric ester groups is 1. The van der Waals surface area contributed by atoms with Crippen molar-refractivity contribution < 1.29 is 42.4 Å². The number of carbonyl (C=O) groups excluding carboxylic acids is 1. The first-order valence-corrected chi connectivity index (χ1v) is 22.5. The van der Waals surface area contributed by atoms with Gasteiger partial charge in [-0.05, 0) is 57.8 Å². The SMILES string of the molecule is CCCCCCCCCCCCCCCC(=O)OCC(CC/C=C\C/C=C\C/C=C\C/C=C\C/C=C\CCCC(=O)O)COP(=O)(O)OCC[N+](C)(C)C. The van der Waals surface area contributed by atoms with Gasteiger partial charge in [-0.2, -0.15) is 0 Å². The van der Waals surface area contributed by atoms with Gasteiger partial charge in [-0.3, -0.25) is 18.6 Å². The van der Waals surface area contributed by atoms with Crippen LogP contribution in [0.5, 0.6) is 0 Å². The molecule has 0 bridgehead atoms. The van der Waals surface area contributed by atoms with Crippen molar-refractivity contribution in [3.05, 3.63) is 60.8 Å². The number of esters is 1. The molecule has 2 unspecified atom stereocenters. The van der Waals surface area contributed by atoms with E-state index in [2.05, 4.69) is 61.6 Å². The molecule has 0 aromatic heterocycles. The zero-order valence-electron chi connectivity index (χ0n) is 34.7. The second kappa shape index (κ2) is 36.4. The van der Waals surface area contributed by atoms with Crippen molar-refractivity contribution in [3.8, 4) is 0 Å². The Morgan fingerprint density at radius 2 is 1.07 bits per heavy atom. The Labute approximate surface area is 330 Å². The van der Waals surface area contributed by atoms with Gasteiger partial charge in [-0.1, -0.05) is 145 Å². The van der Waals surface area contributed by atoms with Gasteiger partial charge in [-0.25, -0.2) is 4.57 Å². The first-order valence-electron chi connectivity index (χ1n) is 21.0. The third kappa shape index (κ3) is 40.9. The minimum Gasteiger partial charge on any atom is -0.481 e. The summed E-state index contributed by atoms with van der Waals surface area (Å²) in [5, 5.41) is 8.64. The first-order chi connectivity index (χ1) is 25.9. The van der Waals surface area contributed by atoms with Crippen LogP contribution >= 0.6 is 7.82 Å². The summed E-state index contributed by atoms with van der Waals surface area (Å²) in [5.74, 6) is -1.19. The second-order valence-electron chi connectivity index (χ2n) is 15.3. The number of rotatable bonds is 38. The maximum Gasteiger partial charge on any atom is 0.472 e. The quantitative estimate of drug-likeness (QED) is 0.0209. The molecular formula is C44H79NO8P+. The number of hydrogen-bond acceptors (Lipinski definition) is 6. The maximum atomic E-state index is 12.5. The van der Waals surface area contributed by atoms with E-state index < -0.39 is 13.8 Å². The van der Waals surface area contributed by atoms with E-state index in [0.29, 0.717) is 30.3 Å². The monoisotopic (exact) mass is 781 g/mol. The summed E-state index contributed by atoms with van der Waals surface area (Å²) in [5.41, 5.74) is 0. The van der Waals surface area contributed by atoms with Gasteiger partial charge in [0.1, 0.15) is 13.2 Å². The molecule has 0 heterocycles. The summed E-state index contributed by atoms with van der Waals surface area (Å²) >= 11 is 0. The van der Waals surface area contributed by atoms with E-state index in [-0.39, 0.29) is 38.1 Å². The van der Waals surface area contributed by atoms with Crippen molar-refractivity contribution in [1.82, 2.24) is 0 Å². The molecule has 0 aliphatic rings. The number of unbranched alkanes of at least 4 members (excludes halogenated alkanes) is 13. The number of nitrogens with zero attached hydrogens (tertiary/aromatic N) is 1. The van der Waals surface area contributed by atoms with Crippen molar-refractivity contribution in [2.75, 3.05) is 47.5 Å². The van der Waals surface area contributed by atoms with Gasteiger partial charge in [0.25, 0.3) is 0 Å². The number of carboxylic acids is 1. The lowest BCUT2D eigenvalue weighted by Crippen LogP contribution is -2.37. The van der Waals surface area contributed by atoms with E-state index in [1.807, 2.05) is 27.2 Å². The van der Waals surface area contributed by atoms with Crippen LogP contribution in [0.1, 0.15) is 155 Å². The molecule has 0 aliphatic heterocycles. The Balaban J connectivity index is 4.43. The van der Waals surface area contributed by atoms with E-state index >= 15 is 0 Å². The number of carboxylic acid groups (broad SMARTS) is 1. The molecule has 312 valence electrons. The number of ether oxygens (including phenoxy) is 1. The third-order valence-corrected chi connectivity index (χ3v) is 9.86. The highest BCUT2D eigenvalue weighted by Gasteiger charge is 2.25. The average Bonchev–Trinajstić information content (AvgIpc) is 3.11. The summed E-state index contributed by atoms with van der Waals surface area (Å²) in [6, 6.07) is 0. The number of aliphatic carboxylic acids is 1. The number of carbonyl (C=O) groups is 2. The molecule has 0 rings (SSSR count). The Hall–Kier alpha value is -2.29. The number of quaternary nitrogens is 1. The van der Waals surface area contributed by atoms with Crippen molar-refractivity contribution in [1.29, 1.82) is 0 Å². The van der Waals surface area contributed by atoms with Crippen molar-refractivity contribution >= 4 is 19.8 Å². The average molecular weight is 781 g/mol. The minimum absolute atomic E-state index is 0.0231. The molecule has 0 radical (unpaired) electrons. The lowest BCUT2D eigenvalue weighted by Gasteiger charge is -2.24. The van der Waals surface area contributed by atoms with Gasteiger partial charge in [0, 0.05) is 18.8 Å². The molecular weight excluding hydrogens is 701 g/mol. The zero-order chi connectivity index (χ0) is 40.0. The van der Waals surface area contributed by atoms with Crippen LogP contribution in [0.25, 0.3) is 0 Å². The summed E-state index contributed by atoms with van der Waals surface area (Å²) in [6.07, 6.45) is 44.3. The molecule has 2 atom stereocenters. The number of phosphoric acid groups is 1. The van der Waals surface area contributed by atoms with Crippen molar-refractivity contribution in [2.45, 2.75) is 155 Å². The molecule has 0 aliphatic carbocycles. The fraction of sp³-hybridized carbons (Fsp3) is 0.727. The molecule has 0 aromatic rings. The minimum atomic E-state index is -4.21. The highest BCUT2D eigenvalue weighted by Crippen LogP contribution is 2.43. The van der Waals surface area contributed by atoms with Crippen molar-refractivity contribution in [2.24, 2.45) is 5.92 Å². The number of allylic oxidation sites excluding steroid dienone is 10. The Kier molecular flexibility index (Phi) is 34.8. The highest BCUT2D eigenvalue weighted by atomic mass is 31.2. The van der Waals surface area contributed by atoms with Gasteiger partial charge < -0.3 is 19.2 Å². The number of hydrogen-bond donors (Lipinski definition) is 2. The van der Waals surface area contributed by atoms with Crippen LogP contribution in [0.2, 0.25) is 0 Å².